The van der Waals surface area contributed by atoms with Crippen LogP contribution in [0.15, 0.2) is 30.3 Å². The van der Waals surface area contributed by atoms with Crippen LogP contribution in [0.1, 0.15) is 17.4 Å². The Morgan fingerprint density at radius 2 is 1.84 bits per heavy atom. The van der Waals surface area contributed by atoms with E-state index in [4.69, 9.17) is 25.8 Å². The van der Waals surface area contributed by atoms with Gasteiger partial charge >= 0.3 is 0 Å². The number of hydrogen-bond donors (Lipinski definition) is 3. The van der Waals surface area contributed by atoms with Crippen molar-refractivity contribution in [1.29, 1.82) is 0 Å². The Kier molecular flexibility index (Phi) is 6.52. The lowest BCUT2D eigenvalue weighted by molar-refractivity contribution is 0.257. The number of fused-ring (bicyclic) bond motifs is 1. The summed E-state index contributed by atoms with van der Waals surface area (Å²) in [5.41, 5.74) is 9.64. The number of hydrazine groups is 1. The van der Waals surface area contributed by atoms with E-state index in [0.717, 1.165) is 35.5 Å². The molecule has 2 unspecified atom stereocenters. The number of ether oxygens (including phenoxy) is 3. The van der Waals surface area contributed by atoms with E-state index < -0.39 is 0 Å². The van der Waals surface area contributed by atoms with Crippen molar-refractivity contribution >= 4 is 22.6 Å². The molecule has 9 heteroatoms. The highest BCUT2D eigenvalue weighted by atomic mass is 35.5. The summed E-state index contributed by atoms with van der Waals surface area (Å²) in [6.07, 6.45) is 0. The smallest absolute Gasteiger partial charge is 0.203 e. The molecule has 2 aromatic carbocycles. The van der Waals surface area contributed by atoms with Crippen molar-refractivity contribution in [2.45, 2.75) is 12.6 Å². The third-order valence-electron chi connectivity index (χ3n) is 5.60. The van der Waals surface area contributed by atoms with E-state index in [-0.39, 0.29) is 6.04 Å². The maximum absolute atomic E-state index is 6.09. The van der Waals surface area contributed by atoms with Crippen molar-refractivity contribution in [2.75, 3.05) is 41.5 Å². The van der Waals surface area contributed by atoms with E-state index in [1.54, 1.807) is 21.3 Å². The first-order valence-corrected chi connectivity index (χ1v) is 10.5. The van der Waals surface area contributed by atoms with Crippen LogP contribution in [-0.4, -0.2) is 56.3 Å². The first-order valence-electron chi connectivity index (χ1n) is 10.1. The Labute approximate surface area is 186 Å². The van der Waals surface area contributed by atoms with Crippen molar-refractivity contribution in [3.63, 3.8) is 0 Å². The van der Waals surface area contributed by atoms with Crippen molar-refractivity contribution in [3.05, 3.63) is 46.7 Å². The molecule has 0 aliphatic carbocycles. The first kappa shape index (κ1) is 21.7. The van der Waals surface area contributed by atoms with Gasteiger partial charge in [0.25, 0.3) is 0 Å². The number of rotatable bonds is 8. The van der Waals surface area contributed by atoms with Crippen molar-refractivity contribution in [1.82, 2.24) is 25.7 Å². The molecule has 2 heterocycles. The van der Waals surface area contributed by atoms with Crippen LogP contribution in [0.2, 0.25) is 5.02 Å². The monoisotopic (exact) mass is 445 g/mol. The number of nitrogens with one attached hydrogen (secondary N) is 3. The molecular formula is C22H28ClN5O3. The van der Waals surface area contributed by atoms with Crippen LogP contribution in [0.3, 0.4) is 0 Å². The highest BCUT2D eigenvalue weighted by molar-refractivity contribution is 6.31. The van der Waals surface area contributed by atoms with Gasteiger partial charge < -0.3 is 19.2 Å². The third kappa shape index (κ3) is 4.57. The van der Waals surface area contributed by atoms with E-state index in [0.29, 0.717) is 34.7 Å². The van der Waals surface area contributed by atoms with Gasteiger partial charge in [0.05, 0.1) is 44.9 Å². The lowest BCUT2D eigenvalue weighted by atomic mass is 9.94. The minimum Gasteiger partial charge on any atom is -0.493 e. The largest absolute Gasteiger partial charge is 0.493 e. The number of aromatic nitrogens is 2. The topological polar surface area (TPSA) is 83.7 Å². The molecule has 0 bridgehead atoms. The van der Waals surface area contributed by atoms with Crippen LogP contribution < -0.4 is 25.1 Å². The van der Waals surface area contributed by atoms with E-state index in [2.05, 4.69) is 32.8 Å². The second-order valence-electron chi connectivity index (χ2n) is 7.76. The quantitative estimate of drug-likeness (QED) is 0.491. The minimum absolute atomic E-state index is 0.102. The Morgan fingerprint density at radius 3 is 2.52 bits per heavy atom. The predicted octanol–water partition coefficient (Wildman–Crippen LogP) is 3.14. The molecule has 8 nitrogen and oxygen atoms in total. The van der Waals surface area contributed by atoms with E-state index in [1.165, 1.54) is 0 Å². The lowest BCUT2D eigenvalue weighted by Gasteiger charge is -2.25. The number of benzene rings is 2. The van der Waals surface area contributed by atoms with E-state index in [9.17, 15) is 0 Å². The van der Waals surface area contributed by atoms with Crippen LogP contribution in [-0.2, 0) is 6.54 Å². The van der Waals surface area contributed by atoms with Gasteiger partial charge in [-0.05, 0) is 42.9 Å². The van der Waals surface area contributed by atoms with Gasteiger partial charge in [-0.1, -0.05) is 11.6 Å². The van der Waals surface area contributed by atoms with Crippen LogP contribution in [0, 0.1) is 5.92 Å². The highest BCUT2D eigenvalue weighted by Crippen LogP contribution is 2.41. The molecule has 2 atom stereocenters. The van der Waals surface area contributed by atoms with Gasteiger partial charge in [-0.25, -0.2) is 10.4 Å². The van der Waals surface area contributed by atoms with E-state index in [1.807, 2.05) is 30.3 Å². The molecule has 1 aliphatic rings. The molecule has 0 amide bonds. The van der Waals surface area contributed by atoms with Crippen molar-refractivity contribution in [3.8, 4) is 17.2 Å². The maximum Gasteiger partial charge on any atom is 0.203 e. The summed E-state index contributed by atoms with van der Waals surface area (Å²) in [5, 5.41) is 0.701. The molecule has 1 aliphatic heterocycles. The summed E-state index contributed by atoms with van der Waals surface area (Å²) < 4.78 is 16.5. The molecule has 31 heavy (non-hydrogen) atoms. The van der Waals surface area contributed by atoms with Gasteiger partial charge in [-0.15, -0.1) is 0 Å². The first-order chi connectivity index (χ1) is 15.0. The van der Waals surface area contributed by atoms with Crippen LogP contribution in [0.25, 0.3) is 11.0 Å². The fraction of sp³-hybridized carbons (Fsp3) is 0.409. The number of methoxy groups -OCH3 is 3. The maximum atomic E-state index is 6.09. The average molecular weight is 446 g/mol. The Balaban J connectivity index is 1.49. The zero-order valence-corrected chi connectivity index (χ0v) is 18.9. The molecule has 4 rings (SSSR count). The van der Waals surface area contributed by atoms with Gasteiger partial charge in [-0.2, -0.15) is 0 Å². The fourth-order valence-corrected chi connectivity index (χ4v) is 4.34. The standard InChI is InChI=1S/C22H28ClN5O3/c1-28(12-20-25-16-6-5-15(23)9-17(16)26-20)11-14-10-24-27-21(14)13-7-18(29-2)22(31-4)19(8-13)30-3/h5-9,14,21,24,27H,10-12H2,1-4H3,(H,25,26). The third-order valence-corrected chi connectivity index (χ3v) is 5.83. The number of imidazole rings is 1. The number of aromatic amines is 1. The Morgan fingerprint density at radius 1 is 1.10 bits per heavy atom. The molecule has 3 aromatic rings. The Hall–Kier alpha value is -2.52. The van der Waals surface area contributed by atoms with Gasteiger partial charge in [-0.3, -0.25) is 10.3 Å². The zero-order valence-electron chi connectivity index (χ0n) is 18.2. The number of hydrogen-bond acceptors (Lipinski definition) is 7. The van der Waals surface area contributed by atoms with E-state index >= 15 is 0 Å². The second kappa shape index (κ2) is 9.32. The second-order valence-corrected chi connectivity index (χ2v) is 8.20. The molecule has 0 spiro atoms. The molecule has 1 saturated heterocycles. The number of halogens is 1. The summed E-state index contributed by atoms with van der Waals surface area (Å²) in [5.74, 6) is 3.16. The molecule has 0 saturated carbocycles. The summed E-state index contributed by atoms with van der Waals surface area (Å²) in [4.78, 5) is 10.3. The van der Waals surface area contributed by atoms with Crippen LogP contribution in [0.4, 0.5) is 0 Å². The number of nitrogens with zero attached hydrogens (tertiary/aromatic N) is 2. The van der Waals surface area contributed by atoms with Crippen molar-refractivity contribution in [2.24, 2.45) is 5.92 Å². The average Bonchev–Trinajstić information content (AvgIpc) is 3.38. The molecule has 1 aromatic heterocycles. The van der Waals surface area contributed by atoms with Crippen LogP contribution >= 0.6 is 11.6 Å². The van der Waals surface area contributed by atoms with Gasteiger partial charge in [0.2, 0.25) is 5.75 Å². The fourth-order valence-electron chi connectivity index (χ4n) is 4.17. The SMILES string of the molecule is COc1cc(C2NNCC2CN(C)Cc2nc3ccc(Cl)cc3[nH]2)cc(OC)c1OC. The normalized spacial score (nSPS) is 18.6. The van der Waals surface area contributed by atoms with Crippen LogP contribution in [0.5, 0.6) is 17.2 Å². The van der Waals surface area contributed by atoms with Gasteiger partial charge in [0.15, 0.2) is 11.5 Å². The summed E-state index contributed by atoms with van der Waals surface area (Å²) >= 11 is 6.09. The predicted molar refractivity (Wildman–Crippen MR) is 121 cm³/mol. The lowest BCUT2D eigenvalue weighted by Crippen LogP contribution is -2.30. The summed E-state index contributed by atoms with van der Waals surface area (Å²) in [7, 11) is 6.98. The minimum atomic E-state index is 0.102. The molecule has 0 radical (unpaired) electrons. The number of H-pyrrole nitrogens is 1. The Bertz CT molecular complexity index is 1030. The summed E-state index contributed by atoms with van der Waals surface area (Å²) in [6.45, 7) is 2.44. The van der Waals surface area contributed by atoms with Crippen molar-refractivity contribution < 1.29 is 14.2 Å². The molecule has 3 N–H and O–H groups in total. The van der Waals surface area contributed by atoms with Gasteiger partial charge in [0, 0.05) is 24.0 Å². The van der Waals surface area contributed by atoms with Gasteiger partial charge in [0.1, 0.15) is 5.82 Å². The highest BCUT2D eigenvalue weighted by Gasteiger charge is 2.31. The summed E-state index contributed by atoms with van der Waals surface area (Å²) in [6, 6.07) is 9.80. The molecular weight excluding hydrogens is 418 g/mol. The molecule has 166 valence electrons. The zero-order chi connectivity index (χ0) is 22.0. The molecule has 1 fully saturated rings.